The standard InChI is InChI=1S/C23H26N4O2/c1-27(2)16-8-15-24-23(28)18-13-14-22(25-17-18)26-20-11-6-7-12-21(20)29-19-9-4-3-5-10-19/h3-7,9-14,17H,8,15-16H2,1-2H3,(H,24,28)(H,25,26). The summed E-state index contributed by atoms with van der Waals surface area (Å²) in [6.07, 6.45) is 2.48. The molecule has 1 heterocycles. The van der Waals surface area contributed by atoms with E-state index in [1.165, 1.54) is 0 Å². The third-order valence-electron chi connectivity index (χ3n) is 4.21. The molecule has 6 heteroatoms. The molecule has 0 saturated heterocycles. The highest BCUT2D eigenvalue weighted by atomic mass is 16.5. The number of carbonyl (C=O) groups excluding carboxylic acids is 1. The third-order valence-corrected chi connectivity index (χ3v) is 4.21. The quantitative estimate of drug-likeness (QED) is 0.533. The van der Waals surface area contributed by atoms with Crippen LogP contribution in [-0.4, -0.2) is 43.0 Å². The first-order valence-corrected chi connectivity index (χ1v) is 9.60. The van der Waals surface area contributed by atoms with E-state index in [0.717, 1.165) is 24.4 Å². The topological polar surface area (TPSA) is 66.5 Å². The van der Waals surface area contributed by atoms with Crippen molar-refractivity contribution in [3.05, 3.63) is 78.5 Å². The first-order chi connectivity index (χ1) is 14.1. The Morgan fingerprint density at radius 3 is 2.48 bits per heavy atom. The lowest BCUT2D eigenvalue weighted by Crippen LogP contribution is -2.27. The monoisotopic (exact) mass is 390 g/mol. The van der Waals surface area contributed by atoms with Gasteiger partial charge < -0.3 is 20.3 Å². The van der Waals surface area contributed by atoms with Crippen LogP contribution < -0.4 is 15.4 Å². The molecular weight excluding hydrogens is 364 g/mol. The fraction of sp³-hybridized carbons (Fsp3) is 0.217. The van der Waals surface area contributed by atoms with Gasteiger partial charge in [-0.3, -0.25) is 4.79 Å². The second kappa shape index (κ2) is 10.2. The van der Waals surface area contributed by atoms with Gasteiger partial charge in [-0.2, -0.15) is 0 Å². The first kappa shape index (κ1) is 20.4. The highest BCUT2D eigenvalue weighted by Gasteiger charge is 2.08. The molecule has 2 aromatic carbocycles. The minimum atomic E-state index is -0.115. The van der Waals surface area contributed by atoms with Gasteiger partial charge in [0.05, 0.1) is 11.3 Å². The molecule has 0 bridgehead atoms. The average molecular weight is 390 g/mol. The molecule has 3 aromatic rings. The van der Waals surface area contributed by atoms with Crippen LogP contribution in [0.4, 0.5) is 11.5 Å². The highest BCUT2D eigenvalue weighted by Crippen LogP contribution is 2.30. The van der Waals surface area contributed by atoms with Crippen LogP contribution >= 0.6 is 0 Å². The van der Waals surface area contributed by atoms with Gasteiger partial charge in [0.1, 0.15) is 11.6 Å². The van der Waals surface area contributed by atoms with Gasteiger partial charge in [0.25, 0.3) is 5.91 Å². The molecule has 3 rings (SSSR count). The van der Waals surface area contributed by atoms with Crippen LogP contribution in [0.25, 0.3) is 0 Å². The summed E-state index contributed by atoms with van der Waals surface area (Å²) in [4.78, 5) is 18.7. The van der Waals surface area contributed by atoms with E-state index in [4.69, 9.17) is 4.74 Å². The number of nitrogens with one attached hydrogen (secondary N) is 2. The van der Waals surface area contributed by atoms with Gasteiger partial charge in [-0.25, -0.2) is 4.98 Å². The molecule has 0 saturated carbocycles. The number of carbonyl (C=O) groups is 1. The van der Waals surface area contributed by atoms with Gasteiger partial charge in [-0.15, -0.1) is 0 Å². The van der Waals surface area contributed by atoms with Crippen molar-refractivity contribution < 1.29 is 9.53 Å². The number of benzene rings is 2. The molecular formula is C23H26N4O2. The number of ether oxygens (including phenoxy) is 1. The molecule has 29 heavy (non-hydrogen) atoms. The lowest BCUT2D eigenvalue weighted by atomic mass is 10.2. The van der Waals surface area contributed by atoms with Crippen molar-refractivity contribution in [2.75, 3.05) is 32.5 Å². The Hall–Kier alpha value is -3.38. The van der Waals surface area contributed by atoms with Gasteiger partial charge in [-0.1, -0.05) is 30.3 Å². The van der Waals surface area contributed by atoms with Crippen molar-refractivity contribution in [3.63, 3.8) is 0 Å². The van der Waals surface area contributed by atoms with Crippen molar-refractivity contribution in [3.8, 4) is 11.5 Å². The molecule has 0 aliphatic carbocycles. The third kappa shape index (κ3) is 6.33. The fourth-order valence-corrected chi connectivity index (χ4v) is 2.71. The Bertz CT molecular complexity index is 912. The Morgan fingerprint density at radius 1 is 1.00 bits per heavy atom. The molecule has 0 radical (unpaired) electrons. The van der Waals surface area contributed by atoms with E-state index < -0.39 is 0 Å². The van der Waals surface area contributed by atoms with Gasteiger partial charge in [0.15, 0.2) is 5.75 Å². The maximum absolute atomic E-state index is 12.2. The number of nitrogens with zero attached hydrogens (tertiary/aromatic N) is 2. The summed E-state index contributed by atoms with van der Waals surface area (Å²) < 4.78 is 5.96. The number of aromatic nitrogens is 1. The van der Waals surface area contributed by atoms with Gasteiger partial charge >= 0.3 is 0 Å². The maximum atomic E-state index is 12.2. The van der Waals surface area contributed by atoms with Gasteiger partial charge in [0, 0.05) is 12.7 Å². The molecule has 0 aliphatic rings. The summed E-state index contributed by atoms with van der Waals surface area (Å²) in [5, 5.41) is 6.16. The van der Waals surface area contributed by atoms with Crippen molar-refractivity contribution in [1.82, 2.24) is 15.2 Å². The number of rotatable bonds is 9. The van der Waals surface area contributed by atoms with Crippen molar-refractivity contribution >= 4 is 17.4 Å². The Labute approximate surface area is 171 Å². The second-order valence-electron chi connectivity index (χ2n) is 6.88. The number of hydrogen-bond acceptors (Lipinski definition) is 5. The molecule has 1 aromatic heterocycles. The van der Waals surface area contributed by atoms with Gasteiger partial charge in [0.2, 0.25) is 0 Å². The second-order valence-corrected chi connectivity index (χ2v) is 6.88. The van der Waals surface area contributed by atoms with E-state index in [1.807, 2.05) is 68.7 Å². The van der Waals surface area contributed by atoms with E-state index >= 15 is 0 Å². The number of para-hydroxylation sites is 3. The Kier molecular flexibility index (Phi) is 7.19. The number of anilines is 2. The fourth-order valence-electron chi connectivity index (χ4n) is 2.71. The first-order valence-electron chi connectivity index (χ1n) is 9.60. The number of hydrogen-bond donors (Lipinski definition) is 2. The van der Waals surface area contributed by atoms with E-state index in [2.05, 4.69) is 20.5 Å². The zero-order valence-electron chi connectivity index (χ0n) is 16.8. The van der Waals surface area contributed by atoms with Crippen LogP contribution in [0.5, 0.6) is 11.5 Å². The predicted molar refractivity (Wildman–Crippen MR) is 116 cm³/mol. The van der Waals surface area contributed by atoms with E-state index in [-0.39, 0.29) is 5.91 Å². The Balaban J connectivity index is 1.61. The molecule has 0 atom stereocenters. The van der Waals surface area contributed by atoms with Crippen molar-refractivity contribution in [2.24, 2.45) is 0 Å². The van der Waals surface area contributed by atoms with Crippen LogP contribution in [0, 0.1) is 0 Å². The largest absolute Gasteiger partial charge is 0.455 e. The zero-order chi connectivity index (χ0) is 20.5. The Morgan fingerprint density at radius 2 is 1.76 bits per heavy atom. The number of amides is 1. The summed E-state index contributed by atoms with van der Waals surface area (Å²) in [6, 6.07) is 20.8. The lowest BCUT2D eigenvalue weighted by molar-refractivity contribution is 0.0952. The SMILES string of the molecule is CN(C)CCCNC(=O)c1ccc(Nc2ccccc2Oc2ccccc2)nc1. The van der Waals surface area contributed by atoms with E-state index in [1.54, 1.807) is 18.3 Å². The van der Waals surface area contributed by atoms with E-state index in [9.17, 15) is 4.79 Å². The average Bonchev–Trinajstić information content (AvgIpc) is 2.74. The molecule has 0 aliphatic heterocycles. The summed E-state index contributed by atoms with van der Waals surface area (Å²) in [5.74, 6) is 1.98. The molecule has 0 spiro atoms. The summed E-state index contributed by atoms with van der Waals surface area (Å²) in [5.41, 5.74) is 1.33. The van der Waals surface area contributed by atoms with Crippen LogP contribution in [0.1, 0.15) is 16.8 Å². The van der Waals surface area contributed by atoms with Crippen molar-refractivity contribution in [2.45, 2.75) is 6.42 Å². The molecule has 0 fully saturated rings. The molecule has 6 nitrogen and oxygen atoms in total. The normalized spacial score (nSPS) is 10.6. The van der Waals surface area contributed by atoms with Crippen LogP contribution in [-0.2, 0) is 0 Å². The molecule has 0 unspecified atom stereocenters. The smallest absolute Gasteiger partial charge is 0.252 e. The summed E-state index contributed by atoms with van der Waals surface area (Å²) in [6.45, 7) is 1.58. The molecule has 2 N–H and O–H groups in total. The van der Waals surface area contributed by atoms with E-state index in [0.29, 0.717) is 23.7 Å². The molecule has 150 valence electrons. The molecule has 1 amide bonds. The van der Waals surface area contributed by atoms with Crippen LogP contribution in [0.15, 0.2) is 72.9 Å². The lowest BCUT2D eigenvalue weighted by Gasteiger charge is -2.13. The minimum absolute atomic E-state index is 0.115. The predicted octanol–water partition coefficient (Wildman–Crippen LogP) is 4.30. The maximum Gasteiger partial charge on any atom is 0.252 e. The number of pyridine rings is 1. The highest BCUT2D eigenvalue weighted by molar-refractivity contribution is 5.94. The summed E-state index contributed by atoms with van der Waals surface area (Å²) >= 11 is 0. The zero-order valence-corrected chi connectivity index (χ0v) is 16.8. The van der Waals surface area contributed by atoms with Gasteiger partial charge in [-0.05, 0) is 63.5 Å². The van der Waals surface area contributed by atoms with Crippen LogP contribution in [0.2, 0.25) is 0 Å². The summed E-state index contributed by atoms with van der Waals surface area (Å²) in [7, 11) is 4.03. The minimum Gasteiger partial charge on any atom is -0.455 e. The van der Waals surface area contributed by atoms with Crippen LogP contribution in [0.3, 0.4) is 0 Å². The van der Waals surface area contributed by atoms with Crippen molar-refractivity contribution in [1.29, 1.82) is 0 Å².